The topological polar surface area (TPSA) is 32.0 Å². The van der Waals surface area contributed by atoms with Gasteiger partial charge in [0.1, 0.15) is 11.8 Å². The molecular formula is C14H15N3S. The number of hydrogen-bond acceptors (Lipinski definition) is 3. The van der Waals surface area contributed by atoms with Crippen LogP contribution in [0.5, 0.6) is 0 Å². The van der Waals surface area contributed by atoms with E-state index < -0.39 is 0 Å². The first kappa shape index (κ1) is 12.7. The highest BCUT2D eigenvalue weighted by molar-refractivity contribution is 7.97. The number of rotatable bonds is 3. The maximum atomic E-state index is 8.94. The summed E-state index contributed by atoms with van der Waals surface area (Å²) in [5.41, 5.74) is 2.87. The Labute approximate surface area is 112 Å². The molecule has 1 aromatic heterocycles. The standard InChI is InChI=1S/C14H15N3S/c1-16(2)18-13-7-4-11(5-8-13)14-9-6-12(10-15)17(14)3/h4-9H,1-3H3. The van der Waals surface area contributed by atoms with Crippen molar-refractivity contribution in [1.82, 2.24) is 8.87 Å². The van der Waals surface area contributed by atoms with Crippen LogP contribution >= 0.6 is 11.9 Å². The van der Waals surface area contributed by atoms with Crippen LogP contribution in [-0.2, 0) is 7.05 Å². The summed E-state index contributed by atoms with van der Waals surface area (Å²) in [4.78, 5) is 1.21. The van der Waals surface area contributed by atoms with Crippen LogP contribution in [0, 0.1) is 11.3 Å². The highest BCUT2D eigenvalue weighted by atomic mass is 32.2. The van der Waals surface area contributed by atoms with Crippen molar-refractivity contribution >= 4 is 11.9 Å². The molecule has 0 saturated heterocycles. The smallest absolute Gasteiger partial charge is 0.120 e. The van der Waals surface area contributed by atoms with Gasteiger partial charge in [-0.2, -0.15) is 5.26 Å². The minimum atomic E-state index is 0.678. The van der Waals surface area contributed by atoms with Crippen LogP contribution in [0.1, 0.15) is 5.69 Å². The molecule has 18 heavy (non-hydrogen) atoms. The third-order valence-electron chi connectivity index (χ3n) is 2.67. The Bertz CT molecular complexity index is 576. The molecule has 92 valence electrons. The average molecular weight is 257 g/mol. The summed E-state index contributed by atoms with van der Waals surface area (Å²) < 4.78 is 3.97. The number of benzene rings is 1. The van der Waals surface area contributed by atoms with Gasteiger partial charge in [-0.1, -0.05) is 12.1 Å². The van der Waals surface area contributed by atoms with E-state index >= 15 is 0 Å². The van der Waals surface area contributed by atoms with E-state index in [9.17, 15) is 0 Å². The second-order valence-electron chi connectivity index (χ2n) is 4.20. The molecule has 1 aromatic carbocycles. The summed E-state index contributed by atoms with van der Waals surface area (Å²) in [5, 5.41) is 8.94. The van der Waals surface area contributed by atoms with E-state index in [1.165, 1.54) is 4.90 Å². The van der Waals surface area contributed by atoms with Crippen LogP contribution in [0.3, 0.4) is 0 Å². The van der Waals surface area contributed by atoms with Crippen molar-refractivity contribution in [2.45, 2.75) is 4.90 Å². The molecule has 0 unspecified atom stereocenters. The van der Waals surface area contributed by atoms with Crippen LogP contribution in [0.4, 0.5) is 0 Å². The second kappa shape index (κ2) is 5.30. The lowest BCUT2D eigenvalue weighted by molar-refractivity contribution is 0.702. The predicted octanol–water partition coefficient (Wildman–Crippen LogP) is 3.13. The Morgan fingerprint density at radius 2 is 1.78 bits per heavy atom. The van der Waals surface area contributed by atoms with Gasteiger partial charge in [-0.05, 0) is 55.9 Å². The van der Waals surface area contributed by atoms with Gasteiger partial charge in [0.2, 0.25) is 0 Å². The Hall–Kier alpha value is -1.70. The molecule has 1 heterocycles. The van der Waals surface area contributed by atoms with Crippen molar-refractivity contribution in [1.29, 1.82) is 5.26 Å². The molecule has 4 heteroatoms. The van der Waals surface area contributed by atoms with Crippen molar-refractivity contribution in [3.05, 3.63) is 42.1 Å². The SMILES string of the molecule is CN(C)Sc1ccc(-c2ccc(C#N)n2C)cc1. The van der Waals surface area contributed by atoms with Gasteiger partial charge in [0.15, 0.2) is 0 Å². The first-order valence-electron chi connectivity index (χ1n) is 5.63. The van der Waals surface area contributed by atoms with Gasteiger partial charge in [-0.25, -0.2) is 0 Å². The molecular weight excluding hydrogens is 242 g/mol. The summed E-state index contributed by atoms with van der Waals surface area (Å²) in [6, 6.07) is 14.4. The molecule has 0 N–H and O–H groups in total. The molecule has 0 amide bonds. The Balaban J connectivity index is 2.29. The lowest BCUT2D eigenvalue weighted by Gasteiger charge is -2.09. The van der Waals surface area contributed by atoms with E-state index in [2.05, 4.69) is 34.6 Å². The maximum absolute atomic E-state index is 8.94. The van der Waals surface area contributed by atoms with E-state index in [0.717, 1.165) is 11.3 Å². The molecule has 2 aromatic rings. The van der Waals surface area contributed by atoms with Crippen molar-refractivity contribution in [2.24, 2.45) is 7.05 Å². The van der Waals surface area contributed by atoms with Gasteiger partial charge in [0.25, 0.3) is 0 Å². The molecule has 2 rings (SSSR count). The van der Waals surface area contributed by atoms with E-state index in [1.54, 1.807) is 11.9 Å². The summed E-state index contributed by atoms with van der Waals surface area (Å²) in [6.45, 7) is 0. The zero-order chi connectivity index (χ0) is 13.1. The predicted molar refractivity (Wildman–Crippen MR) is 75.1 cm³/mol. The fourth-order valence-corrected chi connectivity index (χ4v) is 2.49. The molecule has 3 nitrogen and oxygen atoms in total. The van der Waals surface area contributed by atoms with Crippen molar-refractivity contribution in [2.75, 3.05) is 14.1 Å². The lowest BCUT2D eigenvalue weighted by atomic mass is 10.1. The van der Waals surface area contributed by atoms with Crippen LogP contribution in [0.25, 0.3) is 11.3 Å². The monoisotopic (exact) mass is 257 g/mol. The Morgan fingerprint density at radius 1 is 1.11 bits per heavy atom. The van der Waals surface area contributed by atoms with Gasteiger partial charge in [-0.3, -0.25) is 4.31 Å². The number of nitriles is 1. The summed E-state index contributed by atoms with van der Waals surface area (Å²) in [5.74, 6) is 0. The quantitative estimate of drug-likeness (QED) is 0.792. The van der Waals surface area contributed by atoms with Crippen LogP contribution in [-0.4, -0.2) is 23.0 Å². The fraction of sp³-hybridized carbons (Fsp3) is 0.214. The van der Waals surface area contributed by atoms with Crippen LogP contribution in [0.2, 0.25) is 0 Å². The second-order valence-corrected chi connectivity index (χ2v) is 5.59. The lowest BCUT2D eigenvalue weighted by Crippen LogP contribution is -1.98. The largest absolute Gasteiger partial charge is 0.335 e. The molecule has 0 radical (unpaired) electrons. The first-order chi connectivity index (χ1) is 8.61. The Morgan fingerprint density at radius 3 is 2.28 bits per heavy atom. The molecule has 0 saturated carbocycles. The van der Waals surface area contributed by atoms with Gasteiger partial charge in [0, 0.05) is 17.6 Å². The zero-order valence-electron chi connectivity index (χ0n) is 10.7. The van der Waals surface area contributed by atoms with Gasteiger partial charge >= 0.3 is 0 Å². The highest BCUT2D eigenvalue weighted by Crippen LogP contribution is 2.25. The minimum Gasteiger partial charge on any atom is -0.335 e. The van der Waals surface area contributed by atoms with Gasteiger partial charge in [-0.15, -0.1) is 0 Å². The molecule has 0 bridgehead atoms. The normalized spacial score (nSPS) is 10.6. The van der Waals surface area contributed by atoms with Gasteiger partial charge in [0.05, 0.1) is 0 Å². The molecule has 0 fully saturated rings. The summed E-state index contributed by atoms with van der Waals surface area (Å²) in [6.07, 6.45) is 0. The number of hydrogen-bond donors (Lipinski definition) is 0. The maximum Gasteiger partial charge on any atom is 0.120 e. The highest BCUT2D eigenvalue weighted by Gasteiger charge is 2.06. The molecule has 0 spiro atoms. The van der Waals surface area contributed by atoms with Crippen molar-refractivity contribution in [3.63, 3.8) is 0 Å². The number of nitrogens with zero attached hydrogens (tertiary/aromatic N) is 3. The number of aromatic nitrogens is 1. The van der Waals surface area contributed by atoms with Gasteiger partial charge < -0.3 is 4.57 Å². The van der Waals surface area contributed by atoms with E-state index in [4.69, 9.17) is 5.26 Å². The first-order valence-corrected chi connectivity index (χ1v) is 6.40. The molecule has 0 aliphatic rings. The van der Waals surface area contributed by atoms with E-state index in [1.807, 2.05) is 37.8 Å². The summed E-state index contributed by atoms with van der Waals surface area (Å²) >= 11 is 1.69. The minimum absolute atomic E-state index is 0.678. The van der Waals surface area contributed by atoms with Crippen molar-refractivity contribution < 1.29 is 0 Å². The van der Waals surface area contributed by atoms with Crippen LogP contribution < -0.4 is 0 Å². The summed E-state index contributed by atoms with van der Waals surface area (Å²) in [7, 11) is 5.96. The molecule has 0 atom stereocenters. The third-order valence-corrected chi connectivity index (χ3v) is 3.52. The molecule has 0 aliphatic heterocycles. The van der Waals surface area contributed by atoms with E-state index in [0.29, 0.717) is 5.69 Å². The average Bonchev–Trinajstić information content (AvgIpc) is 2.71. The van der Waals surface area contributed by atoms with Crippen molar-refractivity contribution in [3.8, 4) is 17.3 Å². The van der Waals surface area contributed by atoms with Crippen LogP contribution in [0.15, 0.2) is 41.3 Å². The Kier molecular flexibility index (Phi) is 3.75. The zero-order valence-corrected chi connectivity index (χ0v) is 11.5. The van der Waals surface area contributed by atoms with E-state index in [-0.39, 0.29) is 0 Å². The third kappa shape index (κ3) is 2.58. The fourth-order valence-electron chi connectivity index (χ4n) is 1.81. The molecule has 0 aliphatic carbocycles.